The summed E-state index contributed by atoms with van der Waals surface area (Å²) in [7, 11) is 2.76. The number of amides is 1. The summed E-state index contributed by atoms with van der Waals surface area (Å²) < 4.78 is 29.5. The van der Waals surface area contributed by atoms with Gasteiger partial charge in [-0.3, -0.25) is 9.59 Å². The third-order valence-corrected chi connectivity index (χ3v) is 3.53. The number of methoxy groups -OCH3 is 2. The van der Waals surface area contributed by atoms with Crippen LogP contribution in [0.3, 0.4) is 0 Å². The van der Waals surface area contributed by atoms with Crippen LogP contribution < -0.4 is 9.47 Å². The molecule has 1 aromatic carbocycles. The summed E-state index contributed by atoms with van der Waals surface area (Å²) in [6.45, 7) is 0.570. The van der Waals surface area contributed by atoms with Crippen LogP contribution in [0.15, 0.2) is 12.1 Å². The second-order valence-corrected chi connectivity index (χ2v) is 5.03. The molecular weight excluding hydrogens is 309 g/mol. The summed E-state index contributed by atoms with van der Waals surface area (Å²) in [5.41, 5.74) is -0.154. The smallest absolute Gasteiger partial charge is 0.306 e. The maximum Gasteiger partial charge on any atom is 0.306 e. The first-order chi connectivity index (χ1) is 11.0. The van der Waals surface area contributed by atoms with Gasteiger partial charge in [-0.15, -0.1) is 0 Å². The van der Waals surface area contributed by atoms with Crippen LogP contribution in [0.5, 0.6) is 11.5 Å². The van der Waals surface area contributed by atoms with Gasteiger partial charge in [0, 0.05) is 19.2 Å². The molecule has 1 fully saturated rings. The summed E-state index contributed by atoms with van der Waals surface area (Å²) in [5, 5.41) is 8.80. The minimum atomic E-state index is -1.01. The van der Waals surface area contributed by atoms with E-state index in [1.54, 1.807) is 0 Å². The van der Waals surface area contributed by atoms with Crippen molar-refractivity contribution in [3.8, 4) is 11.5 Å². The molecule has 0 radical (unpaired) electrons. The van der Waals surface area contributed by atoms with Crippen molar-refractivity contribution in [3.63, 3.8) is 0 Å². The molecule has 23 heavy (non-hydrogen) atoms. The molecule has 1 amide bonds. The van der Waals surface area contributed by atoms with E-state index in [9.17, 15) is 14.0 Å². The van der Waals surface area contributed by atoms with Gasteiger partial charge in [0.05, 0.1) is 38.9 Å². The Hall–Kier alpha value is -2.35. The number of benzene rings is 1. The molecule has 1 N–H and O–H groups in total. The van der Waals surface area contributed by atoms with E-state index in [1.807, 2.05) is 0 Å². The number of morpholine rings is 1. The van der Waals surface area contributed by atoms with Crippen molar-refractivity contribution in [1.82, 2.24) is 4.90 Å². The zero-order valence-corrected chi connectivity index (χ0v) is 12.9. The number of aliphatic carboxylic acids is 1. The van der Waals surface area contributed by atoms with Crippen LogP contribution in [0.25, 0.3) is 0 Å². The van der Waals surface area contributed by atoms with Crippen molar-refractivity contribution in [2.24, 2.45) is 0 Å². The number of hydrogen-bond donors (Lipinski definition) is 1. The van der Waals surface area contributed by atoms with E-state index in [0.29, 0.717) is 0 Å². The Balaban J connectivity index is 2.21. The van der Waals surface area contributed by atoms with Crippen LogP contribution in [0.2, 0.25) is 0 Å². The molecule has 1 atom stereocenters. The fourth-order valence-corrected chi connectivity index (χ4v) is 2.41. The van der Waals surface area contributed by atoms with Gasteiger partial charge in [0.15, 0.2) is 11.5 Å². The molecule has 0 saturated carbocycles. The van der Waals surface area contributed by atoms with Crippen molar-refractivity contribution in [3.05, 3.63) is 23.5 Å². The molecule has 0 spiro atoms. The predicted molar refractivity (Wildman–Crippen MR) is 77.4 cm³/mol. The number of carbonyl (C=O) groups is 2. The second kappa shape index (κ2) is 7.28. The highest BCUT2D eigenvalue weighted by Crippen LogP contribution is 2.30. The molecule has 0 aliphatic carbocycles. The number of rotatable bonds is 5. The third-order valence-electron chi connectivity index (χ3n) is 3.53. The molecule has 2 rings (SSSR count). The van der Waals surface area contributed by atoms with Gasteiger partial charge in [0.25, 0.3) is 5.91 Å². The van der Waals surface area contributed by atoms with Crippen LogP contribution in [-0.4, -0.2) is 61.9 Å². The standard InChI is InChI=1S/C15H18FNO6/c1-21-12-6-10(11(16)7-13(12)22-2)15(20)17-3-4-23-9(8-17)5-14(18)19/h6-7,9H,3-5,8H2,1-2H3,(H,18,19). The summed E-state index contributed by atoms with van der Waals surface area (Å²) in [6.07, 6.45) is -0.813. The van der Waals surface area contributed by atoms with E-state index in [-0.39, 0.29) is 43.2 Å². The molecule has 126 valence electrons. The van der Waals surface area contributed by atoms with E-state index < -0.39 is 23.8 Å². The normalized spacial score (nSPS) is 17.7. The van der Waals surface area contributed by atoms with Gasteiger partial charge in [-0.05, 0) is 6.07 Å². The number of ether oxygens (including phenoxy) is 3. The average Bonchev–Trinajstić information content (AvgIpc) is 2.53. The lowest BCUT2D eigenvalue weighted by molar-refractivity contribution is -0.141. The topological polar surface area (TPSA) is 85.3 Å². The maximum atomic E-state index is 14.2. The van der Waals surface area contributed by atoms with E-state index in [4.69, 9.17) is 19.3 Å². The number of carboxylic acid groups (broad SMARTS) is 1. The van der Waals surface area contributed by atoms with E-state index in [2.05, 4.69) is 0 Å². The van der Waals surface area contributed by atoms with Crippen molar-refractivity contribution in [2.45, 2.75) is 12.5 Å². The fraction of sp³-hybridized carbons (Fsp3) is 0.467. The molecule has 1 aromatic rings. The van der Waals surface area contributed by atoms with Crippen molar-refractivity contribution in [1.29, 1.82) is 0 Å². The molecular formula is C15H18FNO6. The highest BCUT2D eigenvalue weighted by atomic mass is 19.1. The first-order valence-corrected chi connectivity index (χ1v) is 7.00. The van der Waals surface area contributed by atoms with Crippen LogP contribution >= 0.6 is 0 Å². The first-order valence-electron chi connectivity index (χ1n) is 7.00. The number of halogens is 1. The zero-order valence-electron chi connectivity index (χ0n) is 12.9. The summed E-state index contributed by atoms with van der Waals surface area (Å²) in [6, 6.07) is 2.36. The maximum absolute atomic E-state index is 14.2. The highest BCUT2D eigenvalue weighted by molar-refractivity contribution is 5.95. The van der Waals surface area contributed by atoms with E-state index in [0.717, 1.165) is 6.07 Å². The molecule has 0 bridgehead atoms. The van der Waals surface area contributed by atoms with E-state index >= 15 is 0 Å². The molecule has 1 aliphatic rings. The lowest BCUT2D eigenvalue weighted by Gasteiger charge is -2.32. The lowest BCUT2D eigenvalue weighted by atomic mass is 10.1. The fourth-order valence-electron chi connectivity index (χ4n) is 2.41. The van der Waals surface area contributed by atoms with Crippen LogP contribution in [-0.2, 0) is 9.53 Å². The lowest BCUT2D eigenvalue weighted by Crippen LogP contribution is -2.46. The quantitative estimate of drug-likeness (QED) is 0.873. The Bertz CT molecular complexity index is 606. The van der Waals surface area contributed by atoms with Crippen LogP contribution in [0, 0.1) is 5.82 Å². The predicted octanol–water partition coefficient (Wildman–Crippen LogP) is 1.16. The third kappa shape index (κ3) is 3.89. The molecule has 1 heterocycles. The summed E-state index contributed by atoms with van der Waals surface area (Å²) in [4.78, 5) is 24.6. The minimum Gasteiger partial charge on any atom is -0.493 e. The number of carboxylic acids is 1. The van der Waals surface area contributed by atoms with Gasteiger partial charge in [0.1, 0.15) is 5.82 Å². The Kier molecular flexibility index (Phi) is 5.38. The van der Waals surface area contributed by atoms with Gasteiger partial charge in [0.2, 0.25) is 0 Å². The zero-order chi connectivity index (χ0) is 17.0. The largest absolute Gasteiger partial charge is 0.493 e. The highest BCUT2D eigenvalue weighted by Gasteiger charge is 2.28. The van der Waals surface area contributed by atoms with Crippen molar-refractivity contribution < 1.29 is 33.3 Å². The monoisotopic (exact) mass is 327 g/mol. The minimum absolute atomic E-state index is 0.0961. The molecule has 8 heteroatoms. The Labute approximate surface area is 132 Å². The Morgan fingerprint density at radius 3 is 2.61 bits per heavy atom. The number of nitrogens with zero attached hydrogens (tertiary/aromatic N) is 1. The second-order valence-electron chi connectivity index (χ2n) is 5.03. The van der Waals surface area contributed by atoms with Gasteiger partial charge in [-0.1, -0.05) is 0 Å². The van der Waals surface area contributed by atoms with Gasteiger partial charge in [-0.25, -0.2) is 4.39 Å². The van der Waals surface area contributed by atoms with E-state index in [1.165, 1.54) is 25.2 Å². The molecule has 7 nitrogen and oxygen atoms in total. The molecule has 1 saturated heterocycles. The van der Waals surface area contributed by atoms with Crippen molar-refractivity contribution >= 4 is 11.9 Å². The summed E-state index contributed by atoms with van der Waals surface area (Å²) >= 11 is 0. The van der Waals surface area contributed by atoms with Gasteiger partial charge >= 0.3 is 5.97 Å². The molecule has 1 unspecified atom stereocenters. The Morgan fingerprint density at radius 2 is 2.00 bits per heavy atom. The van der Waals surface area contributed by atoms with Gasteiger partial charge < -0.3 is 24.2 Å². The van der Waals surface area contributed by atoms with Crippen LogP contribution in [0.1, 0.15) is 16.8 Å². The van der Waals surface area contributed by atoms with Gasteiger partial charge in [-0.2, -0.15) is 0 Å². The first kappa shape index (κ1) is 17.0. The number of carbonyl (C=O) groups excluding carboxylic acids is 1. The Morgan fingerprint density at radius 1 is 1.35 bits per heavy atom. The van der Waals surface area contributed by atoms with Crippen molar-refractivity contribution in [2.75, 3.05) is 33.9 Å². The van der Waals surface area contributed by atoms with Crippen LogP contribution in [0.4, 0.5) is 4.39 Å². The number of hydrogen-bond acceptors (Lipinski definition) is 5. The summed E-state index contributed by atoms with van der Waals surface area (Å²) in [5.74, 6) is -1.85. The molecule has 0 aromatic heterocycles. The molecule has 1 aliphatic heterocycles. The average molecular weight is 327 g/mol. The SMILES string of the molecule is COc1cc(F)c(C(=O)N2CCOC(CC(=O)O)C2)cc1OC.